The van der Waals surface area contributed by atoms with Crippen molar-refractivity contribution in [1.82, 2.24) is 5.32 Å². The molecule has 0 atom stereocenters. The van der Waals surface area contributed by atoms with Gasteiger partial charge in [-0.2, -0.15) is 0 Å². The smallest absolute Gasteiger partial charge is 0.224 e. The molecular formula is C16H22FNO3. The van der Waals surface area contributed by atoms with Crippen LogP contribution in [-0.2, 0) is 11.2 Å². The van der Waals surface area contributed by atoms with Crippen LogP contribution in [0.1, 0.15) is 37.7 Å². The lowest BCUT2D eigenvalue weighted by molar-refractivity contribution is -0.123. The highest BCUT2D eigenvalue weighted by Crippen LogP contribution is 2.28. The summed E-state index contributed by atoms with van der Waals surface area (Å²) in [6.45, 7) is -0.0459. The number of hydrogen-bond donors (Lipinski definition) is 2. The molecule has 1 aliphatic rings. The van der Waals surface area contributed by atoms with Gasteiger partial charge in [0.15, 0.2) is 11.6 Å². The van der Waals surface area contributed by atoms with Crippen molar-refractivity contribution in [3.8, 4) is 5.75 Å². The summed E-state index contributed by atoms with van der Waals surface area (Å²) >= 11 is 0. The second kappa shape index (κ2) is 6.89. The largest absolute Gasteiger partial charge is 0.494 e. The SMILES string of the molecule is COc1ccc(CC(=O)NC2(CO)CCCCC2)cc1F. The third kappa shape index (κ3) is 3.94. The summed E-state index contributed by atoms with van der Waals surface area (Å²) in [5.74, 6) is -0.494. The molecule has 2 N–H and O–H groups in total. The number of aliphatic hydroxyl groups is 1. The fourth-order valence-electron chi connectivity index (χ4n) is 2.90. The van der Waals surface area contributed by atoms with Crippen molar-refractivity contribution in [3.05, 3.63) is 29.6 Å². The normalized spacial score (nSPS) is 17.3. The number of hydrogen-bond acceptors (Lipinski definition) is 3. The minimum absolute atomic E-state index is 0.0459. The standard InChI is InChI=1S/C16H22FNO3/c1-21-14-6-5-12(9-13(14)17)10-15(20)18-16(11-19)7-3-2-4-8-16/h5-6,9,19H,2-4,7-8,10-11H2,1H3,(H,18,20). The third-order valence-corrected chi connectivity index (χ3v) is 4.10. The molecule has 0 saturated heterocycles. The Hall–Kier alpha value is -1.62. The van der Waals surface area contributed by atoms with Crippen LogP contribution in [0.25, 0.3) is 0 Å². The molecule has 5 heteroatoms. The van der Waals surface area contributed by atoms with Gasteiger partial charge in [0.1, 0.15) is 0 Å². The summed E-state index contributed by atoms with van der Waals surface area (Å²) in [7, 11) is 1.40. The van der Waals surface area contributed by atoms with Gasteiger partial charge in [0.25, 0.3) is 0 Å². The molecule has 1 amide bonds. The first-order chi connectivity index (χ1) is 10.1. The first-order valence-electron chi connectivity index (χ1n) is 7.33. The summed E-state index contributed by atoms with van der Waals surface area (Å²) in [4.78, 5) is 12.1. The van der Waals surface area contributed by atoms with Crippen molar-refractivity contribution in [2.75, 3.05) is 13.7 Å². The quantitative estimate of drug-likeness (QED) is 0.875. The van der Waals surface area contributed by atoms with E-state index in [0.29, 0.717) is 5.56 Å². The van der Waals surface area contributed by atoms with Gasteiger partial charge in [0.05, 0.1) is 25.7 Å². The molecule has 0 unspecified atom stereocenters. The molecule has 2 rings (SSSR count). The van der Waals surface area contributed by atoms with Crippen LogP contribution in [-0.4, -0.2) is 30.3 Å². The van der Waals surface area contributed by atoms with Crippen LogP contribution in [0, 0.1) is 5.82 Å². The summed E-state index contributed by atoms with van der Waals surface area (Å²) in [5.41, 5.74) is 0.0927. The maximum Gasteiger partial charge on any atom is 0.224 e. The molecule has 1 aliphatic carbocycles. The van der Waals surface area contributed by atoms with Gasteiger partial charge < -0.3 is 15.2 Å². The summed E-state index contributed by atoms with van der Waals surface area (Å²) in [6, 6.07) is 4.50. The van der Waals surface area contributed by atoms with Crippen molar-refractivity contribution in [2.24, 2.45) is 0 Å². The van der Waals surface area contributed by atoms with Crippen LogP contribution in [0.2, 0.25) is 0 Å². The third-order valence-electron chi connectivity index (χ3n) is 4.10. The van der Waals surface area contributed by atoms with Gasteiger partial charge in [-0.05, 0) is 30.5 Å². The monoisotopic (exact) mass is 295 g/mol. The highest BCUT2D eigenvalue weighted by atomic mass is 19.1. The van der Waals surface area contributed by atoms with Crippen molar-refractivity contribution in [1.29, 1.82) is 0 Å². The van der Waals surface area contributed by atoms with Gasteiger partial charge in [0.2, 0.25) is 5.91 Å². The molecule has 0 radical (unpaired) electrons. The van der Waals surface area contributed by atoms with Crippen LogP contribution in [0.3, 0.4) is 0 Å². The molecular weight excluding hydrogens is 273 g/mol. The number of aliphatic hydroxyl groups excluding tert-OH is 1. The minimum Gasteiger partial charge on any atom is -0.494 e. The lowest BCUT2D eigenvalue weighted by Crippen LogP contribution is -2.52. The summed E-state index contributed by atoms with van der Waals surface area (Å²) in [6.07, 6.45) is 4.86. The number of carbonyl (C=O) groups excluding carboxylic acids is 1. The lowest BCUT2D eigenvalue weighted by Gasteiger charge is -2.36. The maximum absolute atomic E-state index is 13.6. The van der Waals surface area contributed by atoms with E-state index in [1.807, 2.05) is 0 Å². The molecule has 1 fully saturated rings. The van der Waals surface area contributed by atoms with Gasteiger partial charge in [-0.1, -0.05) is 25.3 Å². The Kier molecular flexibility index (Phi) is 5.17. The summed E-state index contributed by atoms with van der Waals surface area (Å²) in [5, 5.41) is 12.5. The number of carbonyl (C=O) groups is 1. The highest BCUT2D eigenvalue weighted by Gasteiger charge is 2.32. The lowest BCUT2D eigenvalue weighted by atomic mass is 9.82. The molecule has 1 aromatic rings. The molecule has 116 valence electrons. The van der Waals surface area contributed by atoms with E-state index in [9.17, 15) is 14.3 Å². The maximum atomic E-state index is 13.6. The fourth-order valence-corrected chi connectivity index (χ4v) is 2.90. The molecule has 1 aromatic carbocycles. The first kappa shape index (κ1) is 15.8. The van der Waals surface area contributed by atoms with Crippen LogP contribution in [0.5, 0.6) is 5.75 Å². The van der Waals surface area contributed by atoms with Crippen molar-refractivity contribution >= 4 is 5.91 Å². The minimum atomic E-state index is -0.500. The Labute approximate surface area is 124 Å². The zero-order valence-corrected chi connectivity index (χ0v) is 12.3. The first-order valence-corrected chi connectivity index (χ1v) is 7.33. The van der Waals surface area contributed by atoms with Crippen LogP contribution < -0.4 is 10.1 Å². The van der Waals surface area contributed by atoms with E-state index in [0.717, 1.165) is 32.1 Å². The van der Waals surface area contributed by atoms with Gasteiger partial charge in [-0.15, -0.1) is 0 Å². The number of amides is 1. The number of rotatable bonds is 5. The van der Waals surface area contributed by atoms with E-state index in [4.69, 9.17) is 4.74 Å². The molecule has 0 spiro atoms. The van der Waals surface area contributed by atoms with Crippen LogP contribution in [0.15, 0.2) is 18.2 Å². The number of methoxy groups -OCH3 is 1. The van der Waals surface area contributed by atoms with E-state index >= 15 is 0 Å². The summed E-state index contributed by atoms with van der Waals surface area (Å²) < 4.78 is 18.5. The predicted octanol–water partition coefficient (Wildman–Crippen LogP) is 2.19. The Morgan fingerprint density at radius 1 is 1.38 bits per heavy atom. The average molecular weight is 295 g/mol. The molecule has 0 bridgehead atoms. The van der Waals surface area contributed by atoms with Gasteiger partial charge >= 0.3 is 0 Å². The highest BCUT2D eigenvalue weighted by molar-refractivity contribution is 5.79. The topological polar surface area (TPSA) is 58.6 Å². The van der Waals surface area contributed by atoms with Gasteiger partial charge in [-0.25, -0.2) is 4.39 Å². The van der Waals surface area contributed by atoms with Crippen molar-refractivity contribution in [2.45, 2.75) is 44.1 Å². The second-order valence-electron chi connectivity index (χ2n) is 5.69. The van der Waals surface area contributed by atoms with E-state index < -0.39 is 11.4 Å². The number of benzene rings is 1. The molecule has 0 aromatic heterocycles. The van der Waals surface area contributed by atoms with Crippen molar-refractivity contribution < 1.29 is 19.0 Å². The van der Waals surface area contributed by atoms with Crippen LogP contribution in [0.4, 0.5) is 4.39 Å². The predicted molar refractivity (Wildman–Crippen MR) is 77.7 cm³/mol. The Balaban J connectivity index is 1.99. The number of nitrogens with one attached hydrogen (secondary N) is 1. The zero-order valence-electron chi connectivity index (χ0n) is 12.3. The Morgan fingerprint density at radius 3 is 2.67 bits per heavy atom. The Bertz CT molecular complexity index is 498. The van der Waals surface area contributed by atoms with E-state index in [-0.39, 0.29) is 24.7 Å². The van der Waals surface area contributed by atoms with Gasteiger partial charge in [0, 0.05) is 0 Å². The fraction of sp³-hybridized carbons (Fsp3) is 0.562. The molecule has 4 nitrogen and oxygen atoms in total. The average Bonchev–Trinajstić information content (AvgIpc) is 2.48. The zero-order chi connectivity index (χ0) is 15.3. The van der Waals surface area contributed by atoms with Crippen LogP contribution >= 0.6 is 0 Å². The van der Waals surface area contributed by atoms with E-state index in [1.54, 1.807) is 6.07 Å². The van der Waals surface area contributed by atoms with Crippen molar-refractivity contribution in [3.63, 3.8) is 0 Å². The molecule has 1 saturated carbocycles. The Morgan fingerprint density at radius 2 is 2.10 bits per heavy atom. The van der Waals surface area contributed by atoms with Gasteiger partial charge in [-0.3, -0.25) is 4.79 Å². The molecule has 21 heavy (non-hydrogen) atoms. The second-order valence-corrected chi connectivity index (χ2v) is 5.69. The van der Waals surface area contributed by atoms with E-state index in [2.05, 4.69) is 5.32 Å². The molecule has 0 heterocycles. The van der Waals surface area contributed by atoms with E-state index in [1.165, 1.54) is 19.2 Å². The molecule has 0 aliphatic heterocycles. The number of ether oxygens (including phenoxy) is 1. The number of halogens is 1.